The quantitative estimate of drug-likeness (QED) is 0.635. The minimum absolute atomic E-state index is 0.0662. The molecule has 126 valence electrons. The first kappa shape index (κ1) is 16.8. The molecule has 1 atom stereocenters. The number of hydrogen-bond acceptors (Lipinski definition) is 6. The number of nitrogens with zero attached hydrogens (tertiary/aromatic N) is 3. The van der Waals surface area contributed by atoms with Gasteiger partial charge in [0.15, 0.2) is 5.17 Å². The maximum Gasteiger partial charge on any atom is 0.240 e. The predicted molar refractivity (Wildman–Crippen MR) is 98.5 cm³/mol. The number of amides is 2. The molecule has 7 nitrogen and oxygen atoms in total. The zero-order valence-corrected chi connectivity index (χ0v) is 13.9. The lowest BCUT2D eigenvalue weighted by Gasteiger charge is -2.06. The third-order valence-corrected chi connectivity index (χ3v) is 4.32. The van der Waals surface area contributed by atoms with Crippen molar-refractivity contribution in [1.82, 2.24) is 10.3 Å². The summed E-state index contributed by atoms with van der Waals surface area (Å²) in [6.07, 6.45) is 4.93. The summed E-state index contributed by atoms with van der Waals surface area (Å²) < 4.78 is 0. The van der Waals surface area contributed by atoms with Crippen LogP contribution in [-0.2, 0) is 9.59 Å². The van der Waals surface area contributed by atoms with Crippen LogP contribution in [-0.4, -0.2) is 33.4 Å². The van der Waals surface area contributed by atoms with Crippen LogP contribution in [0, 0.1) is 0 Å². The van der Waals surface area contributed by atoms with E-state index < -0.39 is 5.25 Å². The second-order valence-electron chi connectivity index (χ2n) is 5.15. The number of pyridine rings is 1. The average molecular weight is 353 g/mol. The molecule has 0 bridgehead atoms. The van der Waals surface area contributed by atoms with Crippen LogP contribution < -0.4 is 10.6 Å². The van der Waals surface area contributed by atoms with Crippen LogP contribution in [0.2, 0.25) is 0 Å². The van der Waals surface area contributed by atoms with Gasteiger partial charge >= 0.3 is 0 Å². The van der Waals surface area contributed by atoms with E-state index in [4.69, 9.17) is 0 Å². The fourth-order valence-electron chi connectivity index (χ4n) is 2.09. The molecule has 1 fully saturated rings. The Labute approximate surface area is 148 Å². The van der Waals surface area contributed by atoms with Crippen LogP contribution in [0.5, 0.6) is 0 Å². The highest BCUT2D eigenvalue weighted by Gasteiger charge is 2.32. The summed E-state index contributed by atoms with van der Waals surface area (Å²) in [5.74, 6) is -0.470. The third kappa shape index (κ3) is 4.98. The van der Waals surface area contributed by atoms with Crippen LogP contribution >= 0.6 is 11.8 Å². The van der Waals surface area contributed by atoms with Crippen molar-refractivity contribution in [3.8, 4) is 0 Å². The van der Waals surface area contributed by atoms with E-state index in [1.165, 1.54) is 11.8 Å². The van der Waals surface area contributed by atoms with Gasteiger partial charge in [0.2, 0.25) is 11.8 Å². The van der Waals surface area contributed by atoms with E-state index in [0.29, 0.717) is 10.9 Å². The van der Waals surface area contributed by atoms with Crippen LogP contribution in [0.3, 0.4) is 0 Å². The monoisotopic (exact) mass is 353 g/mol. The molecule has 2 heterocycles. The van der Waals surface area contributed by atoms with Gasteiger partial charge in [-0.25, -0.2) is 0 Å². The van der Waals surface area contributed by atoms with E-state index in [9.17, 15) is 9.59 Å². The van der Waals surface area contributed by atoms with E-state index in [1.54, 1.807) is 36.8 Å². The van der Waals surface area contributed by atoms with Crippen LogP contribution in [0.1, 0.15) is 12.0 Å². The molecule has 8 heteroatoms. The highest BCUT2D eigenvalue weighted by Crippen LogP contribution is 2.23. The summed E-state index contributed by atoms with van der Waals surface area (Å²) in [7, 11) is 0. The van der Waals surface area contributed by atoms with Gasteiger partial charge in [0, 0.05) is 30.1 Å². The van der Waals surface area contributed by atoms with Crippen LogP contribution in [0.4, 0.5) is 5.69 Å². The maximum atomic E-state index is 12.0. The van der Waals surface area contributed by atoms with Gasteiger partial charge in [-0.1, -0.05) is 36.0 Å². The zero-order chi connectivity index (χ0) is 17.5. The van der Waals surface area contributed by atoms with Gasteiger partial charge in [0.05, 0.1) is 6.21 Å². The largest absolute Gasteiger partial charge is 0.326 e. The standard InChI is InChI=1S/C17H15N5O2S/c23-15(20-13-6-2-1-3-7-13)9-14-16(24)21-17(25-14)22-19-11-12-5-4-8-18-10-12/h1-8,10-11,14H,9H2,(H,20,23)(H,21,22,24)/t14-/m0/s1. The lowest BCUT2D eigenvalue weighted by atomic mass is 10.2. The summed E-state index contributed by atoms with van der Waals surface area (Å²) in [4.78, 5) is 28.0. The molecule has 1 aromatic heterocycles. The van der Waals surface area contributed by atoms with Gasteiger partial charge in [0.25, 0.3) is 0 Å². The van der Waals surface area contributed by atoms with E-state index in [0.717, 1.165) is 5.56 Å². The Kier molecular flexibility index (Phi) is 5.53. The first-order chi connectivity index (χ1) is 12.2. The number of benzene rings is 1. The minimum atomic E-state index is -0.518. The number of aromatic nitrogens is 1. The van der Waals surface area contributed by atoms with Crippen LogP contribution in [0.25, 0.3) is 0 Å². The second kappa shape index (κ2) is 8.20. The number of nitrogens with one attached hydrogen (secondary N) is 2. The molecule has 2 amide bonds. The Morgan fingerprint density at radius 1 is 1.28 bits per heavy atom. The van der Waals surface area contributed by atoms with Gasteiger partial charge in [-0.05, 0) is 18.2 Å². The van der Waals surface area contributed by atoms with Crippen molar-refractivity contribution >= 4 is 40.6 Å². The molecule has 25 heavy (non-hydrogen) atoms. The first-order valence-corrected chi connectivity index (χ1v) is 8.42. The number of rotatable bonds is 5. The number of anilines is 1. The molecule has 1 saturated heterocycles. The molecule has 0 aliphatic carbocycles. The molecule has 2 N–H and O–H groups in total. The minimum Gasteiger partial charge on any atom is -0.326 e. The Hall–Kier alpha value is -3.00. The highest BCUT2D eigenvalue weighted by atomic mass is 32.2. The number of amidine groups is 1. The van der Waals surface area contributed by atoms with Gasteiger partial charge in [0.1, 0.15) is 5.25 Å². The Balaban J connectivity index is 1.54. The van der Waals surface area contributed by atoms with Crippen molar-refractivity contribution in [3.63, 3.8) is 0 Å². The van der Waals surface area contributed by atoms with Gasteiger partial charge in [-0.3, -0.25) is 14.6 Å². The van der Waals surface area contributed by atoms with E-state index in [1.807, 2.05) is 24.3 Å². The Morgan fingerprint density at radius 3 is 2.88 bits per heavy atom. The first-order valence-electron chi connectivity index (χ1n) is 7.54. The number of carbonyl (C=O) groups is 2. The van der Waals surface area contributed by atoms with E-state index in [2.05, 4.69) is 25.8 Å². The number of thioether (sulfide) groups is 1. The van der Waals surface area contributed by atoms with Gasteiger partial charge in [-0.2, -0.15) is 5.10 Å². The fraction of sp³-hybridized carbons (Fsp3) is 0.118. The Bertz CT molecular complexity index is 808. The molecule has 0 spiro atoms. The van der Waals surface area contributed by atoms with E-state index in [-0.39, 0.29) is 18.2 Å². The third-order valence-electron chi connectivity index (χ3n) is 3.24. The fourth-order valence-corrected chi connectivity index (χ4v) is 3.01. The normalized spacial score (nSPS) is 18.5. The molecule has 0 radical (unpaired) electrons. The highest BCUT2D eigenvalue weighted by molar-refractivity contribution is 8.15. The van der Waals surface area contributed by atoms with Crippen LogP contribution in [0.15, 0.2) is 65.1 Å². The van der Waals surface area contributed by atoms with Crippen molar-refractivity contribution in [2.75, 3.05) is 5.32 Å². The van der Waals surface area contributed by atoms with Crippen molar-refractivity contribution in [2.45, 2.75) is 11.7 Å². The molecule has 0 saturated carbocycles. The van der Waals surface area contributed by atoms with Crippen molar-refractivity contribution in [3.05, 3.63) is 60.4 Å². The van der Waals surface area contributed by atoms with E-state index >= 15 is 0 Å². The summed E-state index contributed by atoms with van der Waals surface area (Å²) in [5, 5.41) is 13.1. The van der Waals surface area contributed by atoms with Gasteiger partial charge in [-0.15, -0.1) is 5.10 Å². The summed E-state index contributed by atoms with van der Waals surface area (Å²) >= 11 is 1.19. The summed E-state index contributed by atoms with van der Waals surface area (Å²) in [5.41, 5.74) is 1.51. The molecule has 2 aromatic rings. The molecular weight excluding hydrogens is 338 g/mol. The predicted octanol–water partition coefficient (Wildman–Crippen LogP) is 2.03. The lowest BCUT2D eigenvalue weighted by molar-refractivity contribution is -0.122. The average Bonchev–Trinajstić information content (AvgIpc) is 2.96. The number of para-hydroxylation sites is 1. The molecule has 1 aromatic carbocycles. The van der Waals surface area contributed by atoms with Crippen molar-refractivity contribution < 1.29 is 9.59 Å². The second-order valence-corrected chi connectivity index (χ2v) is 6.34. The molecule has 1 aliphatic rings. The number of hydrogen-bond donors (Lipinski definition) is 2. The van der Waals surface area contributed by atoms with Gasteiger partial charge < -0.3 is 10.6 Å². The zero-order valence-electron chi connectivity index (χ0n) is 13.1. The Morgan fingerprint density at radius 2 is 2.12 bits per heavy atom. The van der Waals surface area contributed by atoms with Crippen molar-refractivity contribution in [2.24, 2.45) is 10.2 Å². The molecule has 1 aliphatic heterocycles. The lowest BCUT2D eigenvalue weighted by Crippen LogP contribution is -2.28. The smallest absolute Gasteiger partial charge is 0.240 e. The topological polar surface area (TPSA) is 95.8 Å². The molecular formula is C17H15N5O2S. The van der Waals surface area contributed by atoms with Crippen molar-refractivity contribution in [1.29, 1.82) is 0 Å². The number of carbonyl (C=O) groups excluding carboxylic acids is 2. The molecule has 0 unspecified atom stereocenters. The summed E-state index contributed by atoms with van der Waals surface area (Å²) in [6, 6.07) is 12.7. The summed E-state index contributed by atoms with van der Waals surface area (Å²) in [6.45, 7) is 0. The SMILES string of the molecule is O=C(C[C@@H]1S/C(=N/N=Cc2cccnc2)NC1=O)Nc1ccccc1. The maximum absolute atomic E-state index is 12.0. The molecule has 3 rings (SSSR count).